The molecule has 0 bridgehead atoms. The van der Waals surface area contributed by atoms with Crippen LogP contribution < -0.4 is 9.80 Å². The second-order valence-electron chi connectivity index (χ2n) is 9.36. The molecule has 0 saturated carbocycles. The third kappa shape index (κ3) is 3.90. The van der Waals surface area contributed by atoms with Gasteiger partial charge in [0.05, 0.1) is 12.2 Å². The number of para-hydroxylation sites is 1. The van der Waals surface area contributed by atoms with Gasteiger partial charge in [0.15, 0.2) is 0 Å². The number of nitrogens with zero attached hydrogens (tertiary/aromatic N) is 6. The minimum absolute atomic E-state index is 0.00392. The molecule has 0 N–H and O–H groups in total. The molecule has 184 valence electrons. The van der Waals surface area contributed by atoms with Crippen molar-refractivity contribution < 1.29 is 14.0 Å². The standard InChI is InChI=1S/C27H27FN6O2/c1-30-17-22(21-4-2-3-5-24(21)30)23-16-25-33(26(35)10-11-34(25)29-23)18-27(36)32-14-12-31(13-15-32)20-8-6-19(28)7-9-20/h2-9,16-17H,10-15,18H2,1H3. The molecule has 2 amide bonds. The summed E-state index contributed by atoms with van der Waals surface area (Å²) in [4.78, 5) is 31.6. The number of piperazine rings is 1. The van der Waals surface area contributed by atoms with Gasteiger partial charge in [-0.25, -0.2) is 9.07 Å². The van der Waals surface area contributed by atoms with E-state index in [0.29, 0.717) is 45.0 Å². The summed E-state index contributed by atoms with van der Waals surface area (Å²) in [6, 6.07) is 16.5. The summed E-state index contributed by atoms with van der Waals surface area (Å²) in [5, 5.41) is 5.89. The van der Waals surface area contributed by atoms with Crippen LogP contribution in [0.1, 0.15) is 6.42 Å². The first-order valence-electron chi connectivity index (χ1n) is 12.2. The smallest absolute Gasteiger partial charge is 0.242 e. The van der Waals surface area contributed by atoms with Gasteiger partial charge in [0.2, 0.25) is 11.8 Å². The number of carbonyl (C=O) groups is 2. The maximum atomic E-state index is 13.2. The maximum absolute atomic E-state index is 13.2. The molecule has 0 radical (unpaired) electrons. The number of fused-ring (bicyclic) bond motifs is 2. The van der Waals surface area contributed by atoms with Crippen molar-refractivity contribution in [1.82, 2.24) is 19.2 Å². The number of carbonyl (C=O) groups excluding carboxylic acids is 2. The normalized spacial score (nSPS) is 16.1. The number of halogens is 1. The average Bonchev–Trinajstić information content (AvgIpc) is 3.48. The van der Waals surface area contributed by atoms with E-state index in [-0.39, 0.29) is 24.2 Å². The van der Waals surface area contributed by atoms with Gasteiger partial charge in [-0.15, -0.1) is 0 Å². The number of rotatable bonds is 4. The van der Waals surface area contributed by atoms with Crippen LogP contribution in [0.3, 0.4) is 0 Å². The fourth-order valence-corrected chi connectivity index (χ4v) is 5.20. The van der Waals surface area contributed by atoms with Crippen LogP contribution in [0.15, 0.2) is 60.8 Å². The van der Waals surface area contributed by atoms with Crippen LogP contribution in [0.5, 0.6) is 0 Å². The Morgan fingerprint density at radius 2 is 1.75 bits per heavy atom. The monoisotopic (exact) mass is 486 g/mol. The Hall–Kier alpha value is -4.14. The van der Waals surface area contributed by atoms with Gasteiger partial charge in [0.1, 0.15) is 18.2 Å². The number of hydrogen-bond donors (Lipinski definition) is 0. The van der Waals surface area contributed by atoms with Crippen LogP contribution in [-0.2, 0) is 23.2 Å². The molecule has 4 aromatic rings. The lowest BCUT2D eigenvalue weighted by atomic mass is 10.1. The quantitative estimate of drug-likeness (QED) is 0.444. The van der Waals surface area contributed by atoms with Crippen molar-refractivity contribution in [3.05, 3.63) is 66.6 Å². The van der Waals surface area contributed by atoms with Gasteiger partial charge >= 0.3 is 0 Å². The van der Waals surface area contributed by atoms with Crippen molar-refractivity contribution in [3.8, 4) is 11.3 Å². The van der Waals surface area contributed by atoms with Gasteiger partial charge in [-0.2, -0.15) is 5.10 Å². The molecule has 0 atom stereocenters. The Balaban J connectivity index is 1.19. The predicted octanol–water partition coefficient (Wildman–Crippen LogP) is 3.27. The third-order valence-corrected chi connectivity index (χ3v) is 7.16. The van der Waals surface area contributed by atoms with E-state index in [4.69, 9.17) is 5.10 Å². The van der Waals surface area contributed by atoms with Gasteiger partial charge in [-0.1, -0.05) is 18.2 Å². The van der Waals surface area contributed by atoms with Crippen molar-refractivity contribution in [3.63, 3.8) is 0 Å². The summed E-state index contributed by atoms with van der Waals surface area (Å²) < 4.78 is 17.1. The molecule has 1 fully saturated rings. The van der Waals surface area contributed by atoms with Crippen molar-refractivity contribution >= 4 is 34.2 Å². The predicted molar refractivity (Wildman–Crippen MR) is 136 cm³/mol. The molecule has 2 aromatic carbocycles. The lowest BCUT2D eigenvalue weighted by Crippen LogP contribution is -2.52. The zero-order chi connectivity index (χ0) is 24.8. The molecule has 2 aromatic heterocycles. The van der Waals surface area contributed by atoms with Crippen molar-refractivity contribution in [2.24, 2.45) is 7.05 Å². The highest BCUT2D eigenvalue weighted by Crippen LogP contribution is 2.33. The van der Waals surface area contributed by atoms with Gasteiger partial charge in [-0.05, 0) is 30.3 Å². The molecular weight excluding hydrogens is 459 g/mol. The maximum Gasteiger partial charge on any atom is 0.242 e. The fraction of sp³-hybridized carbons (Fsp3) is 0.296. The summed E-state index contributed by atoms with van der Waals surface area (Å²) >= 11 is 0. The van der Waals surface area contributed by atoms with Gasteiger partial charge in [-0.3, -0.25) is 14.5 Å². The molecule has 6 rings (SSSR count). The summed E-state index contributed by atoms with van der Waals surface area (Å²) in [6.07, 6.45) is 2.37. The highest BCUT2D eigenvalue weighted by molar-refractivity contribution is 6.00. The van der Waals surface area contributed by atoms with E-state index in [2.05, 4.69) is 27.8 Å². The van der Waals surface area contributed by atoms with E-state index >= 15 is 0 Å². The second kappa shape index (κ2) is 8.82. The van der Waals surface area contributed by atoms with Gasteiger partial charge < -0.3 is 14.4 Å². The first-order valence-corrected chi connectivity index (χ1v) is 12.2. The van der Waals surface area contributed by atoms with Crippen LogP contribution in [0.25, 0.3) is 22.2 Å². The van der Waals surface area contributed by atoms with E-state index in [1.165, 1.54) is 12.1 Å². The molecule has 2 aliphatic heterocycles. The minimum Gasteiger partial charge on any atom is -0.368 e. The summed E-state index contributed by atoms with van der Waals surface area (Å²) in [7, 11) is 2.01. The van der Waals surface area contributed by atoms with Crippen LogP contribution in [0.2, 0.25) is 0 Å². The first kappa shape index (κ1) is 22.3. The van der Waals surface area contributed by atoms with E-state index in [1.54, 1.807) is 21.9 Å². The average molecular weight is 487 g/mol. The number of aromatic nitrogens is 3. The lowest BCUT2D eigenvalue weighted by Gasteiger charge is -2.37. The molecule has 8 nitrogen and oxygen atoms in total. The highest BCUT2D eigenvalue weighted by atomic mass is 19.1. The Bertz CT molecular complexity index is 1450. The number of anilines is 2. The van der Waals surface area contributed by atoms with Gasteiger partial charge in [0, 0.05) is 74.1 Å². The first-order chi connectivity index (χ1) is 17.5. The number of hydrogen-bond acceptors (Lipinski definition) is 4. The zero-order valence-electron chi connectivity index (χ0n) is 20.1. The third-order valence-electron chi connectivity index (χ3n) is 7.16. The lowest BCUT2D eigenvalue weighted by molar-refractivity contribution is -0.132. The molecule has 0 spiro atoms. The molecule has 1 saturated heterocycles. The Morgan fingerprint density at radius 3 is 2.53 bits per heavy atom. The topological polar surface area (TPSA) is 66.6 Å². The summed E-state index contributed by atoms with van der Waals surface area (Å²) in [6.45, 7) is 2.93. The molecule has 0 aliphatic carbocycles. The van der Waals surface area contributed by atoms with E-state index in [1.807, 2.05) is 29.9 Å². The Morgan fingerprint density at radius 1 is 1.00 bits per heavy atom. The molecule has 4 heterocycles. The van der Waals surface area contributed by atoms with Crippen molar-refractivity contribution in [1.29, 1.82) is 0 Å². The molecule has 0 unspecified atom stereocenters. The molecule has 9 heteroatoms. The highest BCUT2D eigenvalue weighted by Gasteiger charge is 2.31. The van der Waals surface area contributed by atoms with E-state index < -0.39 is 0 Å². The number of aryl methyl sites for hydroxylation is 2. The van der Waals surface area contributed by atoms with Gasteiger partial charge in [0.25, 0.3) is 0 Å². The summed E-state index contributed by atoms with van der Waals surface area (Å²) in [5.74, 6) is 0.253. The van der Waals surface area contributed by atoms with E-state index in [9.17, 15) is 14.0 Å². The largest absolute Gasteiger partial charge is 0.368 e. The van der Waals surface area contributed by atoms with Crippen LogP contribution in [-0.4, -0.2) is 63.8 Å². The zero-order valence-corrected chi connectivity index (χ0v) is 20.1. The summed E-state index contributed by atoms with van der Waals surface area (Å²) in [5.41, 5.74) is 3.86. The number of benzene rings is 2. The SMILES string of the molecule is Cn1cc(-c2cc3n(n2)CCC(=O)N3CC(=O)N2CCN(c3ccc(F)cc3)CC2)c2ccccc21. The molecule has 36 heavy (non-hydrogen) atoms. The number of amides is 2. The van der Waals surface area contributed by atoms with Crippen molar-refractivity contribution in [2.45, 2.75) is 13.0 Å². The van der Waals surface area contributed by atoms with Crippen LogP contribution in [0, 0.1) is 5.82 Å². The Kier molecular flexibility index (Phi) is 5.47. The van der Waals surface area contributed by atoms with Crippen molar-refractivity contribution in [2.75, 3.05) is 42.5 Å². The Labute approximate surface area is 208 Å². The fourth-order valence-electron chi connectivity index (χ4n) is 5.20. The van der Waals surface area contributed by atoms with E-state index in [0.717, 1.165) is 27.8 Å². The van der Waals surface area contributed by atoms with Crippen LogP contribution in [0.4, 0.5) is 15.9 Å². The molecule has 2 aliphatic rings. The van der Waals surface area contributed by atoms with Crippen LogP contribution >= 0.6 is 0 Å². The second-order valence-corrected chi connectivity index (χ2v) is 9.36. The molecular formula is C27H27FN6O2. The minimum atomic E-state index is -0.262.